The number of hydrogen-bond donors (Lipinski definition) is 2. The largest absolute Gasteiger partial charge is 0.440 e. The van der Waals surface area contributed by atoms with Crippen molar-refractivity contribution in [2.45, 2.75) is 69.3 Å². The van der Waals surface area contributed by atoms with Gasteiger partial charge in [0.1, 0.15) is 5.52 Å². The fourth-order valence-corrected chi connectivity index (χ4v) is 6.68. The van der Waals surface area contributed by atoms with Crippen LogP contribution in [-0.4, -0.2) is 21.6 Å². The monoisotopic (exact) mass is 366 g/mol. The molecular weight excluding hydrogens is 340 g/mol. The molecule has 2 atom stereocenters. The van der Waals surface area contributed by atoms with E-state index in [0.717, 1.165) is 67.6 Å². The topological polar surface area (TPSA) is 75.4 Å². The van der Waals surface area contributed by atoms with Gasteiger partial charge < -0.3 is 14.8 Å². The first kappa shape index (κ1) is 16.1. The summed E-state index contributed by atoms with van der Waals surface area (Å²) in [5, 5.41) is 14.0. The number of aromatic nitrogens is 1. The summed E-state index contributed by atoms with van der Waals surface area (Å²) in [5.74, 6) is 2.59. The number of nitrogens with one attached hydrogen (secondary N) is 1. The van der Waals surface area contributed by atoms with Gasteiger partial charge in [0.2, 0.25) is 5.91 Å². The van der Waals surface area contributed by atoms with Gasteiger partial charge in [0.25, 0.3) is 0 Å². The van der Waals surface area contributed by atoms with E-state index < -0.39 is 5.60 Å². The number of hydrogen-bond acceptors (Lipinski definition) is 4. The predicted molar refractivity (Wildman–Crippen MR) is 101 cm³/mol. The average molecular weight is 366 g/mol. The molecule has 5 saturated carbocycles. The summed E-state index contributed by atoms with van der Waals surface area (Å²) in [6, 6.07) is 5.71. The van der Waals surface area contributed by atoms with Crippen molar-refractivity contribution in [3.05, 3.63) is 24.1 Å². The number of benzene rings is 1. The van der Waals surface area contributed by atoms with Crippen LogP contribution in [0.25, 0.3) is 11.1 Å². The lowest BCUT2D eigenvalue weighted by atomic mass is 9.47. The normalized spacial score (nSPS) is 37.1. The van der Waals surface area contributed by atoms with Gasteiger partial charge >= 0.3 is 0 Å². The summed E-state index contributed by atoms with van der Waals surface area (Å²) >= 11 is 0. The fraction of sp³-hybridized carbons (Fsp3) is 0.636. The van der Waals surface area contributed by atoms with Gasteiger partial charge in [0.05, 0.1) is 5.60 Å². The number of amides is 1. The summed E-state index contributed by atoms with van der Waals surface area (Å²) in [6.45, 7) is 0. The molecule has 0 spiro atoms. The molecule has 2 aromatic rings. The molecule has 0 saturated heterocycles. The molecule has 1 aromatic carbocycles. The van der Waals surface area contributed by atoms with Crippen molar-refractivity contribution in [3.63, 3.8) is 0 Å². The number of carbonyl (C=O) groups is 1. The lowest BCUT2D eigenvalue weighted by Crippen LogP contribution is -2.56. The fourth-order valence-electron chi connectivity index (χ4n) is 6.68. The number of fused-ring (bicyclic) bond motifs is 1. The van der Waals surface area contributed by atoms with E-state index in [1.165, 1.54) is 6.42 Å². The maximum absolute atomic E-state index is 12.8. The van der Waals surface area contributed by atoms with Crippen LogP contribution in [0.5, 0.6) is 0 Å². The highest BCUT2D eigenvalue weighted by Crippen LogP contribution is 2.62. The number of carbonyl (C=O) groups excluding carboxylic acids is 1. The Morgan fingerprint density at radius 1 is 1.22 bits per heavy atom. The van der Waals surface area contributed by atoms with Crippen molar-refractivity contribution < 1.29 is 14.3 Å². The molecule has 4 bridgehead atoms. The van der Waals surface area contributed by atoms with Gasteiger partial charge in [0, 0.05) is 18.0 Å². The molecule has 2 unspecified atom stereocenters. The number of aliphatic hydroxyl groups is 1. The van der Waals surface area contributed by atoms with Crippen LogP contribution >= 0.6 is 0 Å². The van der Waals surface area contributed by atoms with Crippen molar-refractivity contribution in [1.82, 2.24) is 4.98 Å². The Balaban J connectivity index is 1.19. The second kappa shape index (κ2) is 5.34. The maximum Gasteiger partial charge on any atom is 0.224 e. The molecule has 2 N–H and O–H groups in total. The van der Waals surface area contributed by atoms with Crippen molar-refractivity contribution >= 4 is 22.7 Å². The third kappa shape index (κ3) is 2.78. The highest BCUT2D eigenvalue weighted by molar-refractivity contribution is 5.93. The van der Waals surface area contributed by atoms with Gasteiger partial charge in [0.15, 0.2) is 11.5 Å². The molecule has 7 rings (SSSR count). The molecule has 1 amide bonds. The minimum Gasteiger partial charge on any atom is -0.440 e. The highest BCUT2D eigenvalue weighted by atomic mass is 16.3. The van der Waals surface area contributed by atoms with Crippen LogP contribution in [0, 0.1) is 17.3 Å². The van der Waals surface area contributed by atoms with E-state index in [1.807, 2.05) is 18.2 Å². The molecule has 1 heterocycles. The number of oxazole rings is 1. The summed E-state index contributed by atoms with van der Waals surface area (Å²) in [7, 11) is 0. The molecule has 1 aromatic heterocycles. The molecular formula is C22H26N2O3. The van der Waals surface area contributed by atoms with Gasteiger partial charge in [-0.15, -0.1) is 0 Å². The van der Waals surface area contributed by atoms with E-state index in [0.29, 0.717) is 24.2 Å². The third-order valence-electron chi connectivity index (χ3n) is 7.30. The zero-order chi connectivity index (χ0) is 18.2. The van der Waals surface area contributed by atoms with E-state index in [2.05, 4.69) is 10.3 Å². The second-order valence-corrected chi connectivity index (χ2v) is 9.92. The van der Waals surface area contributed by atoms with E-state index >= 15 is 0 Å². The smallest absolute Gasteiger partial charge is 0.224 e. The SMILES string of the molecule is O=C(CC12CC3CC(CC(O)(C3)C1)C2)Nc1ccc2oc(C3CC3)nc2c1. The predicted octanol–water partition coefficient (Wildman–Crippen LogP) is 4.37. The first-order valence-corrected chi connectivity index (χ1v) is 10.4. The standard InChI is InChI=1S/C22H26N2O3/c25-19(11-21-7-13-5-14(8-21)10-22(26,9-13)12-21)23-16-3-4-18-17(6-16)24-20(27-18)15-1-2-15/h3-4,6,13-15,26H,1-2,5,7-12H2,(H,23,25). The Morgan fingerprint density at radius 3 is 2.70 bits per heavy atom. The number of nitrogens with zero attached hydrogens (tertiary/aromatic N) is 1. The Hall–Kier alpha value is -1.88. The van der Waals surface area contributed by atoms with E-state index in [1.54, 1.807) is 0 Å². The van der Waals surface area contributed by atoms with E-state index in [4.69, 9.17) is 4.42 Å². The van der Waals surface area contributed by atoms with Crippen LogP contribution in [0.3, 0.4) is 0 Å². The molecule has 5 aliphatic carbocycles. The minimum absolute atomic E-state index is 0.0000508. The van der Waals surface area contributed by atoms with Gasteiger partial charge in [-0.25, -0.2) is 4.98 Å². The van der Waals surface area contributed by atoms with Crippen LogP contribution in [-0.2, 0) is 4.79 Å². The van der Waals surface area contributed by atoms with Gasteiger partial charge in [-0.3, -0.25) is 4.79 Å². The molecule has 0 radical (unpaired) electrons. The summed E-state index contributed by atoms with van der Waals surface area (Å²) in [5.41, 5.74) is 1.88. The summed E-state index contributed by atoms with van der Waals surface area (Å²) in [4.78, 5) is 17.4. The first-order chi connectivity index (χ1) is 13.0. The van der Waals surface area contributed by atoms with Crippen molar-refractivity contribution in [2.24, 2.45) is 17.3 Å². The maximum atomic E-state index is 12.8. The van der Waals surface area contributed by atoms with Gasteiger partial charge in [-0.2, -0.15) is 0 Å². The Morgan fingerprint density at radius 2 is 2.00 bits per heavy atom. The molecule has 142 valence electrons. The van der Waals surface area contributed by atoms with Gasteiger partial charge in [-0.1, -0.05) is 0 Å². The molecule has 5 fully saturated rings. The van der Waals surface area contributed by atoms with Crippen LogP contribution in [0.1, 0.15) is 69.6 Å². The third-order valence-corrected chi connectivity index (χ3v) is 7.30. The molecule has 27 heavy (non-hydrogen) atoms. The van der Waals surface area contributed by atoms with Crippen molar-refractivity contribution in [1.29, 1.82) is 0 Å². The number of rotatable bonds is 4. The quantitative estimate of drug-likeness (QED) is 0.843. The van der Waals surface area contributed by atoms with Crippen molar-refractivity contribution in [3.8, 4) is 0 Å². The van der Waals surface area contributed by atoms with Crippen LogP contribution in [0.4, 0.5) is 5.69 Å². The second-order valence-electron chi connectivity index (χ2n) is 9.92. The lowest BCUT2D eigenvalue weighted by molar-refractivity contribution is -0.167. The zero-order valence-corrected chi connectivity index (χ0v) is 15.5. The minimum atomic E-state index is -0.511. The lowest BCUT2D eigenvalue weighted by Gasteiger charge is -2.60. The molecule has 5 heteroatoms. The Labute approximate surface area is 158 Å². The number of anilines is 1. The Kier molecular flexibility index (Phi) is 3.19. The van der Waals surface area contributed by atoms with Crippen LogP contribution < -0.4 is 5.32 Å². The Bertz CT molecular complexity index is 915. The van der Waals surface area contributed by atoms with Gasteiger partial charge in [-0.05, 0) is 86.8 Å². The van der Waals surface area contributed by atoms with E-state index in [9.17, 15) is 9.90 Å². The first-order valence-electron chi connectivity index (χ1n) is 10.4. The van der Waals surface area contributed by atoms with Crippen LogP contribution in [0.2, 0.25) is 0 Å². The van der Waals surface area contributed by atoms with Crippen molar-refractivity contribution in [2.75, 3.05) is 5.32 Å². The van der Waals surface area contributed by atoms with Crippen LogP contribution in [0.15, 0.2) is 22.6 Å². The summed E-state index contributed by atoms with van der Waals surface area (Å²) in [6.07, 6.45) is 8.98. The zero-order valence-electron chi connectivity index (χ0n) is 15.5. The van der Waals surface area contributed by atoms with E-state index in [-0.39, 0.29) is 11.3 Å². The summed E-state index contributed by atoms with van der Waals surface area (Å²) < 4.78 is 5.80. The molecule has 5 aliphatic rings. The molecule has 0 aliphatic heterocycles. The molecule has 5 nitrogen and oxygen atoms in total. The average Bonchev–Trinajstić information content (AvgIpc) is 3.31. The highest BCUT2D eigenvalue weighted by Gasteiger charge is 2.57.